The van der Waals surface area contributed by atoms with Gasteiger partial charge in [-0.15, -0.1) is 0 Å². The first kappa shape index (κ1) is 34.2. The van der Waals surface area contributed by atoms with Crippen molar-refractivity contribution in [3.8, 4) is 28.0 Å². The zero-order valence-electron chi connectivity index (χ0n) is 23.4. The molecule has 0 aliphatic rings. The van der Waals surface area contributed by atoms with E-state index in [-0.39, 0.29) is 36.1 Å². The van der Waals surface area contributed by atoms with Crippen LogP contribution in [0.3, 0.4) is 0 Å². The third-order valence-corrected chi connectivity index (χ3v) is 6.64. The quantitative estimate of drug-likeness (QED) is 0.128. The Balaban J connectivity index is 1.56. The lowest BCUT2D eigenvalue weighted by Crippen LogP contribution is -2.23. The highest BCUT2D eigenvalue weighted by Crippen LogP contribution is 2.39. The smallest absolute Gasteiger partial charge is 0.429 e. The standard InChI is InChI=1S/C33H20F12O/c1-2-3-4-5-24(34)31(40)18-6-9-21(25(35)13-18)17-7-11-23(27(37)12-17)33(44,45)46-20-8-10-22(26(36)16-20)19-14-28(38)30(29(39)15-19)32(41,42)43/h2-3,6-16H,4-5H2,1H3/b3-2+,31-24+. The second kappa shape index (κ2) is 13.4. The molecule has 13 heteroatoms. The van der Waals surface area contributed by atoms with E-state index in [4.69, 9.17) is 0 Å². The molecular formula is C33H20F12O. The number of allylic oxidation sites excluding steroid dienone is 3. The molecule has 46 heavy (non-hydrogen) atoms. The maximum atomic E-state index is 14.9. The van der Waals surface area contributed by atoms with Gasteiger partial charge in [0, 0.05) is 29.2 Å². The Labute approximate surface area is 254 Å². The highest BCUT2D eigenvalue weighted by atomic mass is 19.4. The van der Waals surface area contributed by atoms with Gasteiger partial charge in [-0.1, -0.05) is 30.4 Å². The molecule has 0 saturated heterocycles. The molecule has 0 aromatic heterocycles. The van der Waals surface area contributed by atoms with Crippen molar-refractivity contribution in [2.45, 2.75) is 32.1 Å². The number of benzene rings is 4. The maximum Gasteiger partial charge on any atom is 0.429 e. The summed E-state index contributed by atoms with van der Waals surface area (Å²) in [4.78, 5) is 0. The zero-order chi connectivity index (χ0) is 34.0. The third kappa shape index (κ3) is 7.40. The largest absolute Gasteiger partial charge is 0.429 e. The van der Waals surface area contributed by atoms with E-state index in [2.05, 4.69) is 4.74 Å². The van der Waals surface area contributed by atoms with Gasteiger partial charge >= 0.3 is 12.3 Å². The van der Waals surface area contributed by atoms with Gasteiger partial charge in [-0.25, -0.2) is 30.7 Å². The summed E-state index contributed by atoms with van der Waals surface area (Å²) in [7, 11) is 0. The van der Waals surface area contributed by atoms with E-state index in [0.29, 0.717) is 36.4 Å². The van der Waals surface area contributed by atoms with E-state index < -0.39 is 86.6 Å². The first-order valence-corrected chi connectivity index (χ1v) is 13.2. The minimum atomic E-state index is -5.37. The molecular weight excluding hydrogens is 640 g/mol. The van der Waals surface area contributed by atoms with Crippen molar-refractivity contribution in [3.63, 3.8) is 0 Å². The van der Waals surface area contributed by atoms with Crippen LogP contribution >= 0.6 is 0 Å². The molecule has 0 saturated carbocycles. The monoisotopic (exact) mass is 660 g/mol. The van der Waals surface area contributed by atoms with Crippen LogP contribution in [0.4, 0.5) is 52.7 Å². The van der Waals surface area contributed by atoms with Crippen LogP contribution in [-0.2, 0) is 12.3 Å². The van der Waals surface area contributed by atoms with Crippen molar-refractivity contribution < 1.29 is 57.4 Å². The summed E-state index contributed by atoms with van der Waals surface area (Å²) in [6.07, 6.45) is -6.63. The lowest BCUT2D eigenvalue weighted by Gasteiger charge is -2.20. The Hall–Kier alpha value is -4.68. The van der Waals surface area contributed by atoms with Crippen molar-refractivity contribution in [2.75, 3.05) is 0 Å². The summed E-state index contributed by atoms with van der Waals surface area (Å²) in [6.45, 7) is 1.70. The van der Waals surface area contributed by atoms with Gasteiger partial charge in [0.15, 0.2) is 5.83 Å². The number of alkyl halides is 5. The SMILES string of the molecule is C/C=C/CC/C(F)=C(\F)c1ccc(-c2ccc(C(F)(F)Oc3ccc(-c4cc(F)c(C(F)(F)F)c(F)c4)c(F)c3)c(F)c2)c(F)c1. The van der Waals surface area contributed by atoms with Crippen molar-refractivity contribution in [1.29, 1.82) is 0 Å². The molecule has 0 N–H and O–H groups in total. The molecule has 0 aliphatic heterocycles. The van der Waals surface area contributed by atoms with E-state index >= 15 is 0 Å². The van der Waals surface area contributed by atoms with Crippen LogP contribution in [0.15, 0.2) is 84.7 Å². The van der Waals surface area contributed by atoms with Crippen molar-refractivity contribution >= 4 is 5.83 Å². The summed E-state index contributed by atoms with van der Waals surface area (Å²) in [5.41, 5.74) is -5.88. The number of hydrogen-bond acceptors (Lipinski definition) is 1. The molecule has 4 rings (SSSR count). The van der Waals surface area contributed by atoms with Gasteiger partial charge in [0.25, 0.3) is 0 Å². The first-order chi connectivity index (χ1) is 21.5. The molecule has 0 spiro atoms. The molecule has 242 valence electrons. The topological polar surface area (TPSA) is 9.23 Å². The minimum Gasteiger partial charge on any atom is -0.429 e. The van der Waals surface area contributed by atoms with Gasteiger partial charge in [-0.3, -0.25) is 0 Å². The van der Waals surface area contributed by atoms with Crippen LogP contribution in [0.5, 0.6) is 5.75 Å². The Bertz CT molecular complexity index is 1800. The first-order valence-electron chi connectivity index (χ1n) is 13.2. The molecule has 0 heterocycles. The molecule has 0 unspecified atom stereocenters. The summed E-state index contributed by atoms with van der Waals surface area (Å²) >= 11 is 0. The average molecular weight is 660 g/mol. The predicted octanol–water partition coefficient (Wildman–Crippen LogP) is 11.8. The van der Waals surface area contributed by atoms with Crippen LogP contribution in [-0.4, -0.2) is 0 Å². The van der Waals surface area contributed by atoms with Gasteiger partial charge in [0.2, 0.25) is 0 Å². The highest BCUT2D eigenvalue weighted by molar-refractivity contribution is 5.70. The zero-order valence-corrected chi connectivity index (χ0v) is 23.4. The van der Waals surface area contributed by atoms with Gasteiger partial charge < -0.3 is 4.74 Å². The molecule has 1 nitrogen and oxygen atoms in total. The predicted molar refractivity (Wildman–Crippen MR) is 146 cm³/mol. The molecule has 0 bridgehead atoms. The van der Waals surface area contributed by atoms with E-state index in [0.717, 1.165) is 18.2 Å². The van der Waals surface area contributed by atoms with E-state index in [1.165, 1.54) is 0 Å². The van der Waals surface area contributed by atoms with Gasteiger partial charge in [0.1, 0.15) is 46.2 Å². The number of rotatable bonds is 9. The van der Waals surface area contributed by atoms with Crippen LogP contribution in [0.1, 0.15) is 36.5 Å². The summed E-state index contributed by atoms with van der Waals surface area (Å²) in [6, 6.07) is 6.86. The summed E-state index contributed by atoms with van der Waals surface area (Å²) in [5.74, 6) is -11.5. The van der Waals surface area contributed by atoms with Crippen LogP contribution in [0.25, 0.3) is 28.1 Å². The number of halogens is 12. The Morgan fingerprint density at radius 1 is 0.674 bits per heavy atom. The molecule has 0 fully saturated rings. The fourth-order valence-electron chi connectivity index (χ4n) is 4.44. The molecule has 4 aromatic rings. The maximum absolute atomic E-state index is 14.9. The van der Waals surface area contributed by atoms with Crippen molar-refractivity contribution in [1.82, 2.24) is 0 Å². The molecule has 0 radical (unpaired) electrons. The van der Waals surface area contributed by atoms with Crippen molar-refractivity contribution in [3.05, 3.63) is 130 Å². The van der Waals surface area contributed by atoms with Gasteiger partial charge in [-0.2, -0.15) is 22.0 Å². The van der Waals surface area contributed by atoms with Crippen molar-refractivity contribution in [2.24, 2.45) is 0 Å². The second-order valence-electron chi connectivity index (χ2n) is 9.79. The molecule has 0 atom stereocenters. The van der Waals surface area contributed by atoms with E-state index in [1.807, 2.05) is 0 Å². The second-order valence-corrected chi connectivity index (χ2v) is 9.79. The lowest BCUT2D eigenvalue weighted by atomic mass is 10.00. The van der Waals surface area contributed by atoms with Crippen LogP contribution < -0.4 is 4.74 Å². The number of ether oxygens (including phenoxy) is 1. The van der Waals surface area contributed by atoms with E-state index in [9.17, 15) is 52.7 Å². The average Bonchev–Trinajstić information content (AvgIpc) is 2.95. The summed E-state index contributed by atoms with van der Waals surface area (Å²) in [5, 5.41) is 0. The van der Waals surface area contributed by atoms with Gasteiger partial charge in [0.05, 0.1) is 5.56 Å². The summed E-state index contributed by atoms with van der Waals surface area (Å²) < 4.78 is 173. The Morgan fingerprint density at radius 2 is 1.26 bits per heavy atom. The lowest BCUT2D eigenvalue weighted by molar-refractivity contribution is -0.187. The molecule has 4 aromatic carbocycles. The minimum absolute atomic E-state index is 0.210. The van der Waals surface area contributed by atoms with Crippen LogP contribution in [0.2, 0.25) is 0 Å². The third-order valence-electron chi connectivity index (χ3n) is 6.64. The van der Waals surface area contributed by atoms with Gasteiger partial charge in [-0.05, 0) is 66.9 Å². The normalized spacial score (nSPS) is 12.9. The molecule has 0 amide bonds. The number of hydrogen-bond donors (Lipinski definition) is 0. The fraction of sp³-hybridized carbons (Fsp3) is 0.152. The van der Waals surface area contributed by atoms with Crippen LogP contribution in [0, 0.1) is 29.1 Å². The van der Waals surface area contributed by atoms with E-state index in [1.54, 1.807) is 19.1 Å². The Morgan fingerprint density at radius 3 is 1.83 bits per heavy atom. The fourth-order valence-corrected chi connectivity index (χ4v) is 4.44. The Kier molecular flexibility index (Phi) is 9.93. The molecule has 0 aliphatic carbocycles. The highest BCUT2D eigenvalue weighted by Gasteiger charge is 2.39.